The van der Waals surface area contributed by atoms with E-state index < -0.39 is 99.7 Å². The highest BCUT2D eigenvalue weighted by molar-refractivity contribution is 6.90. The Labute approximate surface area is 473 Å². The summed E-state index contributed by atoms with van der Waals surface area (Å²) in [6.45, 7) is 63.1. The summed E-state index contributed by atoms with van der Waals surface area (Å²) in [6.07, 6.45) is 3.25. The van der Waals surface area contributed by atoms with Crippen LogP contribution in [0.1, 0.15) is 59.8 Å². The van der Waals surface area contributed by atoms with E-state index in [9.17, 15) is 24.6 Å². The maximum absolute atomic E-state index is 11.6. The van der Waals surface area contributed by atoms with Gasteiger partial charge in [-0.3, -0.25) is 0 Å². The van der Waals surface area contributed by atoms with Crippen LogP contribution in [0.5, 0.6) is 0 Å². The van der Waals surface area contributed by atoms with E-state index in [0.29, 0.717) is 49.0 Å². The van der Waals surface area contributed by atoms with Crippen LogP contribution in [0.3, 0.4) is 0 Å². The average Bonchev–Trinajstić information content (AvgIpc) is 3.18. The second kappa shape index (κ2) is 36.6. The number of ether oxygens (including phenoxy) is 5. The van der Waals surface area contributed by atoms with Gasteiger partial charge in [0.2, 0.25) is 0 Å². The van der Waals surface area contributed by atoms with Crippen molar-refractivity contribution in [3.05, 3.63) is 36.5 Å². The summed E-state index contributed by atoms with van der Waals surface area (Å²) in [7, 11) is -17.2. The molecule has 0 amide bonds. The monoisotopic (exact) mass is 1230 g/mol. The molecule has 16 nitrogen and oxygen atoms in total. The van der Waals surface area contributed by atoms with Crippen molar-refractivity contribution in [1.82, 2.24) is 0 Å². The fourth-order valence-corrected chi connectivity index (χ4v) is 43.4. The first kappa shape index (κ1) is 79.4. The Morgan fingerprint density at radius 3 is 1.01 bits per heavy atom. The van der Waals surface area contributed by atoms with Gasteiger partial charge in [0.15, 0.2) is 58.2 Å². The third kappa shape index (κ3) is 49.0. The molecule has 0 spiro atoms. The van der Waals surface area contributed by atoms with Gasteiger partial charge in [-0.25, -0.2) is 14.4 Å². The normalized spacial score (nSPS) is 13.8. The van der Waals surface area contributed by atoms with E-state index in [1.807, 2.05) is 0 Å². The topological polar surface area (TPSA) is 193 Å². The molecule has 0 rings (SSSR count). The molecule has 0 aromatic carbocycles. The van der Waals surface area contributed by atoms with Crippen LogP contribution < -0.4 is 0 Å². The van der Waals surface area contributed by atoms with Gasteiger partial charge in [0, 0.05) is 36.0 Å². The fraction of sp³-hybridized carbons (Fsp3) is 0.824. The molecule has 0 aliphatic heterocycles. The van der Waals surface area contributed by atoms with Crippen LogP contribution in [0.15, 0.2) is 36.5 Å². The van der Waals surface area contributed by atoms with Crippen molar-refractivity contribution in [2.24, 2.45) is 0 Å². The Kier molecular flexibility index (Phi) is 38.2. The number of aliphatic hydroxyl groups excluding tert-OH is 2. The molecule has 0 aromatic heterocycles. The van der Waals surface area contributed by atoms with Crippen molar-refractivity contribution in [1.29, 1.82) is 0 Å². The van der Waals surface area contributed by atoms with E-state index in [1.54, 1.807) is 20.8 Å². The molecule has 25 heteroatoms. The minimum absolute atomic E-state index is 0.0632. The molecule has 2 N–H and O–H groups in total. The molecular formula is C51H114O16Si9. The van der Waals surface area contributed by atoms with Crippen LogP contribution in [-0.4, -0.2) is 162 Å². The number of unbranched alkanes of at least 4 members (excludes halogenated alkanes) is 1. The van der Waals surface area contributed by atoms with Crippen LogP contribution in [0.2, 0.25) is 155 Å². The lowest BCUT2D eigenvalue weighted by Crippen LogP contribution is -2.60. The summed E-state index contributed by atoms with van der Waals surface area (Å²) in [6, 6.07) is 3.82. The molecule has 0 bridgehead atoms. The Bertz CT molecular complexity index is 1660. The molecule has 0 aliphatic carbocycles. The third-order valence-corrected chi connectivity index (χ3v) is 38.6. The third-order valence-electron chi connectivity index (χ3n) is 9.44. The van der Waals surface area contributed by atoms with Crippen molar-refractivity contribution >= 4 is 93.5 Å². The van der Waals surface area contributed by atoms with Gasteiger partial charge in [0.05, 0.1) is 19.8 Å². The van der Waals surface area contributed by atoms with E-state index in [4.69, 9.17) is 48.4 Å². The number of aliphatic hydroxyl groups is 2. The number of hydrogen-bond acceptors (Lipinski definition) is 16. The molecule has 0 saturated heterocycles. The first-order valence-corrected chi connectivity index (χ1v) is 55.0. The standard InChI is InChI=1S/C18H38O5Si2.C17H38O6Si3.C16H38O5Si4/c1-8-9-12-24(4,5)23-25(6,7)13-10-11-21-14-17(19)15-22-18(20)16(2)3;1-15(2)17(19)21-14-16(18)13-20-11-10-12-26(9,22-24(3,4)5)23-25(6,7)8;1-15(2)16(17)18-13-12-14-25(19-22(3,4)5,20-23(6,7)8)21-24(9,10)11/h17,19H,2,8-15H2,1,3-7H3;16,18H,1,10-14H2,2-9H3;1,12-14H2,2-11H3. The summed E-state index contributed by atoms with van der Waals surface area (Å²) < 4.78 is 65.2. The Morgan fingerprint density at radius 1 is 0.395 bits per heavy atom. The van der Waals surface area contributed by atoms with Crippen LogP contribution in [0.4, 0.5) is 0 Å². The molecule has 2 unspecified atom stereocenters. The predicted molar refractivity (Wildman–Crippen MR) is 335 cm³/mol. The Balaban J connectivity index is -0.00000105. The van der Waals surface area contributed by atoms with Gasteiger partial charge in [-0.05, 0) is 189 Å². The fourth-order valence-electron chi connectivity index (χ4n) is 7.28. The summed E-state index contributed by atoms with van der Waals surface area (Å²) in [5.74, 6) is -1.34. The molecule has 76 heavy (non-hydrogen) atoms. The molecular weight excluding hydrogens is 1120 g/mol. The largest absolute Gasteiger partial charge is 0.469 e. The van der Waals surface area contributed by atoms with E-state index in [0.717, 1.165) is 24.9 Å². The number of esters is 3. The van der Waals surface area contributed by atoms with Gasteiger partial charge < -0.3 is 58.6 Å². The Hall–Kier alpha value is -0.818. The second-order valence-corrected chi connectivity index (χ2v) is 64.8. The lowest BCUT2D eigenvalue weighted by Gasteiger charge is -2.42. The maximum atomic E-state index is 11.6. The minimum atomic E-state index is -2.83. The summed E-state index contributed by atoms with van der Waals surface area (Å²) in [4.78, 5) is 34.1. The minimum Gasteiger partial charge on any atom is -0.462 e. The maximum Gasteiger partial charge on any atom is 0.469 e. The van der Waals surface area contributed by atoms with E-state index in [1.165, 1.54) is 18.9 Å². The smallest absolute Gasteiger partial charge is 0.462 e. The lowest BCUT2D eigenvalue weighted by atomic mass is 10.3. The molecule has 0 fully saturated rings. The van der Waals surface area contributed by atoms with Gasteiger partial charge in [-0.15, -0.1) is 0 Å². The molecule has 0 radical (unpaired) electrons. The van der Waals surface area contributed by atoms with E-state index in [2.05, 4.69) is 158 Å². The lowest BCUT2D eigenvalue weighted by molar-refractivity contribution is -0.143. The summed E-state index contributed by atoms with van der Waals surface area (Å²) in [5, 5.41) is 19.5. The Morgan fingerprint density at radius 2 is 0.697 bits per heavy atom. The molecule has 0 heterocycles. The quantitative estimate of drug-likeness (QED) is 0.0195. The highest BCUT2D eigenvalue weighted by Gasteiger charge is 2.49. The summed E-state index contributed by atoms with van der Waals surface area (Å²) in [5.41, 5.74) is 1.05. The molecule has 0 aliphatic rings. The van der Waals surface area contributed by atoms with Crippen molar-refractivity contribution in [2.45, 2.75) is 227 Å². The first-order valence-electron chi connectivity index (χ1n) is 27.3. The van der Waals surface area contributed by atoms with Gasteiger partial charge in [-0.1, -0.05) is 39.5 Å². The van der Waals surface area contributed by atoms with Crippen molar-refractivity contribution in [3.8, 4) is 0 Å². The second-order valence-electron chi connectivity index (χ2n) is 26.1. The molecule has 0 saturated carbocycles. The zero-order valence-electron chi connectivity index (χ0n) is 52.7. The zero-order chi connectivity index (χ0) is 60.2. The first-order chi connectivity index (χ1) is 34.1. The van der Waals surface area contributed by atoms with Crippen LogP contribution in [-0.2, 0) is 62.8 Å². The number of rotatable bonds is 38. The SMILES string of the molecule is C=C(C)C(=O)OCC(O)COCCC[Si](C)(C)O[Si](C)(C)CCCC.C=C(C)C(=O)OCC(O)COCCC[Si](C)(O[Si](C)(C)C)O[Si](C)(C)C.C=C(C)C(=O)OCCC[Si](O[Si](C)(C)C)(O[Si](C)(C)C)O[Si](C)(C)C. The molecule has 450 valence electrons. The van der Waals surface area contributed by atoms with Crippen molar-refractivity contribution in [3.63, 3.8) is 0 Å². The van der Waals surface area contributed by atoms with Crippen molar-refractivity contribution < 1.29 is 73.0 Å². The number of carbonyl (C=O) groups excluding carboxylic acids is 3. The highest BCUT2D eigenvalue weighted by atomic mass is 28.5. The van der Waals surface area contributed by atoms with E-state index >= 15 is 0 Å². The zero-order valence-corrected chi connectivity index (χ0v) is 61.7. The number of hydrogen-bond donors (Lipinski definition) is 2. The van der Waals surface area contributed by atoms with E-state index in [-0.39, 0.29) is 32.4 Å². The van der Waals surface area contributed by atoms with Gasteiger partial charge >= 0.3 is 35.3 Å². The van der Waals surface area contributed by atoms with Crippen LogP contribution in [0.25, 0.3) is 0 Å². The highest BCUT2D eigenvalue weighted by Crippen LogP contribution is 2.31. The van der Waals surface area contributed by atoms with Crippen molar-refractivity contribution in [2.75, 3.05) is 46.2 Å². The van der Waals surface area contributed by atoms with Crippen LogP contribution in [0, 0.1) is 0 Å². The average molecular weight is 1240 g/mol. The van der Waals surface area contributed by atoms with Crippen LogP contribution >= 0.6 is 0 Å². The van der Waals surface area contributed by atoms with Gasteiger partial charge in [0.1, 0.15) is 25.4 Å². The summed E-state index contributed by atoms with van der Waals surface area (Å²) >= 11 is 0. The van der Waals surface area contributed by atoms with Gasteiger partial charge in [0.25, 0.3) is 0 Å². The predicted octanol–water partition coefficient (Wildman–Crippen LogP) is 12.7. The van der Waals surface area contributed by atoms with Gasteiger partial charge in [-0.2, -0.15) is 0 Å². The number of carbonyl (C=O) groups is 3. The molecule has 2 atom stereocenters. The molecule has 0 aromatic rings.